The maximum atomic E-state index is 12.3. The summed E-state index contributed by atoms with van der Waals surface area (Å²) in [6.45, 7) is 8.23. The molecule has 3 aromatic rings. The largest absolute Gasteiger partial charge is 0.372 e. The van der Waals surface area contributed by atoms with Crippen LogP contribution < -0.4 is 10.2 Å². The lowest BCUT2D eigenvalue weighted by molar-refractivity contribution is -0.113. The van der Waals surface area contributed by atoms with E-state index < -0.39 is 0 Å². The van der Waals surface area contributed by atoms with Crippen LogP contribution in [0, 0.1) is 6.92 Å². The molecule has 3 rings (SSSR count). The molecule has 152 valence electrons. The van der Waals surface area contributed by atoms with Crippen molar-refractivity contribution in [1.82, 2.24) is 14.8 Å². The second-order valence-corrected chi connectivity index (χ2v) is 7.68. The van der Waals surface area contributed by atoms with Gasteiger partial charge in [-0.2, -0.15) is 0 Å². The first-order valence-electron chi connectivity index (χ1n) is 9.76. The number of anilines is 2. The molecule has 0 saturated heterocycles. The monoisotopic (exact) mass is 409 g/mol. The van der Waals surface area contributed by atoms with Gasteiger partial charge in [-0.25, -0.2) is 0 Å². The predicted octanol–water partition coefficient (Wildman–Crippen LogP) is 4.37. The maximum absolute atomic E-state index is 12.3. The van der Waals surface area contributed by atoms with Crippen molar-refractivity contribution in [3.05, 3.63) is 54.1 Å². The van der Waals surface area contributed by atoms with Crippen LogP contribution in [0.3, 0.4) is 0 Å². The van der Waals surface area contributed by atoms with Crippen molar-refractivity contribution in [2.45, 2.75) is 25.9 Å². The number of rotatable bonds is 8. The molecule has 0 aliphatic rings. The number of nitrogens with zero attached hydrogens (tertiary/aromatic N) is 4. The quantitative estimate of drug-likeness (QED) is 0.560. The van der Waals surface area contributed by atoms with Gasteiger partial charge in [-0.05, 0) is 56.7 Å². The number of hydrogen-bond acceptors (Lipinski definition) is 5. The molecule has 6 nitrogen and oxygen atoms in total. The van der Waals surface area contributed by atoms with Gasteiger partial charge in [0.1, 0.15) is 0 Å². The van der Waals surface area contributed by atoms with Crippen LogP contribution in [0.15, 0.2) is 53.7 Å². The van der Waals surface area contributed by atoms with E-state index >= 15 is 0 Å². The first-order chi connectivity index (χ1) is 14.0. The molecule has 1 aromatic heterocycles. The van der Waals surface area contributed by atoms with Crippen LogP contribution in [0.2, 0.25) is 0 Å². The van der Waals surface area contributed by atoms with Crippen LogP contribution in [-0.2, 0) is 11.8 Å². The molecular weight excluding hydrogens is 382 g/mol. The smallest absolute Gasteiger partial charge is 0.234 e. The fourth-order valence-corrected chi connectivity index (χ4v) is 3.84. The van der Waals surface area contributed by atoms with E-state index in [2.05, 4.69) is 58.5 Å². The third-order valence-electron chi connectivity index (χ3n) is 4.84. The van der Waals surface area contributed by atoms with E-state index in [1.54, 1.807) is 0 Å². The number of para-hydroxylation sites is 1. The highest BCUT2D eigenvalue weighted by molar-refractivity contribution is 7.99. The summed E-state index contributed by atoms with van der Waals surface area (Å²) in [6, 6.07) is 16.1. The molecule has 29 heavy (non-hydrogen) atoms. The summed E-state index contributed by atoms with van der Waals surface area (Å²) in [5, 5.41) is 12.2. The number of aromatic nitrogens is 3. The van der Waals surface area contributed by atoms with E-state index in [0.717, 1.165) is 35.7 Å². The Labute approximate surface area is 176 Å². The van der Waals surface area contributed by atoms with Gasteiger partial charge >= 0.3 is 0 Å². The summed E-state index contributed by atoms with van der Waals surface area (Å²) < 4.78 is 1.93. The molecule has 0 saturated carbocycles. The molecule has 1 N–H and O–H groups in total. The van der Waals surface area contributed by atoms with E-state index in [1.165, 1.54) is 17.4 Å². The lowest BCUT2D eigenvalue weighted by atomic mass is 10.2. The summed E-state index contributed by atoms with van der Waals surface area (Å²) in [6.07, 6.45) is 0. The Morgan fingerprint density at radius 1 is 1.07 bits per heavy atom. The summed E-state index contributed by atoms with van der Waals surface area (Å²) in [5.41, 5.74) is 4.08. The summed E-state index contributed by atoms with van der Waals surface area (Å²) in [4.78, 5) is 14.6. The van der Waals surface area contributed by atoms with Gasteiger partial charge in [0.05, 0.1) is 5.75 Å². The Morgan fingerprint density at radius 2 is 1.76 bits per heavy atom. The average molecular weight is 410 g/mol. The zero-order chi connectivity index (χ0) is 20.8. The molecule has 1 amide bonds. The topological polar surface area (TPSA) is 63.1 Å². The molecule has 0 fully saturated rings. The summed E-state index contributed by atoms with van der Waals surface area (Å²) in [5.74, 6) is 1.01. The van der Waals surface area contributed by atoms with Crippen molar-refractivity contribution < 1.29 is 4.79 Å². The lowest BCUT2D eigenvalue weighted by Gasteiger charge is -2.21. The Balaban J connectivity index is 1.65. The van der Waals surface area contributed by atoms with Gasteiger partial charge in [-0.3, -0.25) is 4.79 Å². The van der Waals surface area contributed by atoms with E-state index in [0.29, 0.717) is 5.16 Å². The summed E-state index contributed by atoms with van der Waals surface area (Å²) in [7, 11) is 1.93. The van der Waals surface area contributed by atoms with Gasteiger partial charge in [0.25, 0.3) is 0 Å². The molecule has 7 heteroatoms. The minimum absolute atomic E-state index is 0.0579. The van der Waals surface area contributed by atoms with Crippen LogP contribution in [0.1, 0.15) is 19.4 Å². The number of benzene rings is 2. The number of nitrogens with one attached hydrogen (secondary N) is 1. The van der Waals surface area contributed by atoms with E-state index in [4.69, 9.17) is 0 Å². The van der Waals surface area contributed by atoms with Crippen molar-refractivity contribution in [3.8, 4) is 11.4 Å². The van der Waals surface area contributed by atoms with Crippen LogP contribution in [-0.4, -0.2) is 39.5 Å². The number of amides is 1. The zero-order valence-corrected chi connectivity index (χ0v) is 18.2. The Kier molecular flexibility index (Phi) is 6.93. The highest BCUT2D eigenvalue weighted by atomic mass is 32.2. The second-order valence-electron chi connectivity index (χ2n) is 6.74. The van der Waals surface area contributed by atoms with Crippen LogP contribution >= 0.6 is 11.8 Å². The molecule has 0 spiro atoms. The van der Waals surface area contributed by atoms with Crippen molar-refractivity contribution in [3.63, 3.8) is 0 Å². The van der Waals surface area contributed by atoms with Crippen molar-refractivity contribution >= 4 is 29.0 Å². The van der Waals surface area contributed by atoms with Crippen molar-refractivity contribution in [1.29, 1.82) is 0 Å². The number of carbonyl (C=O) groups is 1. The highest BCUT2D eigenvalue weighted by Crippen LogP contribution is 2.25. The number of thioether (sulfide) groups is 1. The van der Waals surface area contributed by atoms with Gasteiger partial charge in [-0.15, -0.1) is 10.2 Å². The Morgan fingerprint density at radius 3 is 2.41 bits per heavy atom. The van der Waals surface area contributed by atoms with Crippen LogP contribution in [0.5, 0.6) is 0 Å². The van der Waals surface area contributed by atoms with Gasteiger partial charge in [0.15, 0.2) is 11.0 Å². The fourth-order valence-electron chi connectivity index (χ4n) is 3.13. The molecule has 0 atom stereocenters. The van der Waals surface area contributed by atoms with E-state index in [9.17, 15) is 4.79 Å². The van der Waals surface area contributed by atoms with Crippen LogP contribution in [0.4, 0.5) is 11.4 Å². The minimum Gasteiger partial charge on any atom is -0.372 e. The molecule has 0 aliphatic carbocycles. The fraction of sp³-hybridized carbons (Fsp3) is 0.318. The SMILES string of the molecule is CCN(CC)c1ccc(-c2nnc(SCC(=O)Nc3ccccc3C)n2C)cc1. The number of carbonyl (C=O) groups excluding carboxylic acids is 1. The van der Waals surface area contributed by atoms with Gasteiger partial charge in [-0.1, -0.05) is 30.0 Å². The third-order valence-corrected chi connectivity index (χ3v) is 5.86. The molecular formula is C22H27N5OS. The third kappa shape index (κ3) is 4.98. The van der Waals surface area contributed by atoms with Gasteiger partial charge < -0.3 is 14.8 Å². The predicted molar refractivity (Wildman–Crippen MR) is 121 cm³/mol. The molecule has 0 aliphatic heterocycles. The van der Waals surface area contributed by atoms with E-state index in [-0.39, 0.29) is 11.7 Å². The lowest BCUT2D eigenvalue weighted by Crippen LogP contribution is -2.21. The van der Waals surface area contributed by atoms with E-state index in [1.807, 2.05) is 42.8 Å². The highest BCUT2D eigenvalue weighted by Gasteiger charge is 2.14. The van der Waals surface area contributed by atoms with Crippen molar-refractivity contribution in [2.75, 3.05) is 29.1 Å². The first-order valence-corrected chi connectivity index (χ1v) is 10.7. The Hall–Kier alpha value is -2.80. The second kappa shape index (κ2) is 9.60. The molecule has 0 radical (unpaired) electrons. The molecule has 1 heterocycles. The van der Waals surface area contributed by atoms with Gasteiger partial charge in [0.2, 0.25) is 5.91 Å². The summed E-state index contributed by atoms with van der Waals surface area (Å²) >= 11 is 1.38. The zero-order valence-electron chi connectivity index (χ0n) is 17.3. The van der Waals surface area contributed by atoms with Gasteiger partial charge in [0, 0.05) is 37.1 Å². The normalized spacial score (nSPS) is 10.8. The Bertz CT molecular complexity index is 964. The molecule has 0 bridgehead atoms. The first kappa shape index (κ1) is 20.9. The standard InChI is InChI=1S/C22H27N5OS/c1-5-27(6-2)18-13-11-17(12-14-18)21-24-25-22(26(21)4)29-15-20(28)23-19-10-8-7-9-16(19)3/h7-14H,5-6,15H2,1-4H3,(H,23,28). The molecule has 2 aromatic carbocycles. The number of aryl methyl sites for hydroxylation is 1. The molecule has 0 unspecified atom stereocenters. The maximum Gasteiger partial charge on any atom is 0.234 e. The average Bonchev–Trinajstić information content (AvgIpc) is 3.10. The van der Waals surface area contributed by atoms with Crippen molar-refractivity contribution in [2.24, 2.45) is 7.05 Å². The minimum atomic E-state index is -0.0579. The number of hydrogen-bond donors (Lipinski definition) is 1. The van der Waals surface area contributed by atoms with Crippen LogP contribution in [0.25, 0.3) is 11.4 Å².